The summed E-state index contributed by atoms with van der Waals surface area (Å²) in [7, 11) is 3.63. The van der Waals surface area contributed by atoms with Gasteiger partial charge in [0.2, 0.25) is 0 Å². The highest BCUT2D eigenvalue weighted by Gasteiger charge is 2.09. The Morgan fingerprint density at radius 2 is 1.89 bits per heavy atom. The van der Waals surface area contributed by atoms with Gasteiger partial charge in [0.05, 0.1) is 13.7 Å². The Labute approximate surface area is 117 Å². The maximum atomic E-state index is 5.93. The molecule has 1 N–H and O–H groups in total. The van der Waals surface area contributed by atoms with E-state index in [0.717, 1.165) is 36.6 Å². The maximum Gasteiger partial charge on any atom is 0.165 e. The van der Waals surface area contributed by atoms with Gasteiger partial charge in [0.15, 0.2) is 11.5 Å². The van der Waals surface area contributed by atoms with E-state index in [0.29, 0.717) is 0 Å². The Bertz CT molecular complexity index is 353. The molecule has 0 saturated carbocycles. The number of benzene rings is 1. The third-order valence-corrected chi connectivity index (χ3v) is 3.14. The minimum absolute atomic E-state index is 0.765. The van der Waals surface area contributed by atoms with Crippen molar-refractivity contribution in [1.82, 2.24) is 5.32 Å². The molecule has 3 heteroatoms. The van der Waals surface area contributed by atoms with Crippen LogP contribution in [0.1, 0.15) is 44.6 Å². The molecule has 0 aliphatic carbocycles. The van der Waals surface area contributed by atoms with Crippen LogP contribution in [0.5, 0.6) is 11.5 Å². The minimum atomic E-state index is 0.765. The number of ether oxygens (including phenoxy) is 2. The molecule has 0 aliphatic heterocycles. The fourth-order valence-electron chi connectivity index (χ4n) is 2.10. The first-order valence-corrected chi connectivity index (χ1v) is 7.26. The van der Waals surface area contributed by atoms with E-state index in [1.54, 1.807) is 7.11 Å². The quantitative estimate of drug-likeness (QED) is 0.653. The average molecular weight is 265 g/mol. The van der Waals surface area contributed by atoms with Gasteiger partial charge in [0.1, 0.15) is 0 Å². The van der Waals surface area contributed by atoms with Crippen molar-refractivity contribution in [3.8, 4) is 11.5 Å². The van der Waals surface area contributed by atoms with Gasteiger partial charge in [-0.15, -0.1) is 0 Å². The summed E-state index contributed by atoms with van der Waals surface area (Å²) in [5.41, 5.74) is 1.15. The molecule has 0 aromatic heterocycles. The van der Waals surface area contributed by atoms with E-state index in [1.807, 2.05) is 19.2 Å². The van der Waals surface area contributed by atoms with Gasteiger partial charge in [0, 0.05) is 12.1 Å². The predicted molar refractivity (Wildman–Crippen MR) is 80.0 cm³/mol. The van der Waals surface area contributed by atoms with Crippen molar-refractivity contribution in [2.75, 3.05) is 20.8 Å². The van der Waals surface area contributed by atoms with Gasteiger partial charge in [-0.05, 0) is 19.5 Å². The molecule has 0 unspecified atom stereocenters. The zero-order valence-corrected chi connectivity index (χ0v) is 12.5. The van der Waals surface area contributed by atoms with Crippen LogP contribution in [-0.2, 0) is 6.54 Å². The molecule has 1 rings (SSSR count). The van der Waals surface area contributed by atoms with E-state index >= 15 is 0 Å². The molecule has 0 atom stereocenters. The van der Waals surface area contributed by atoms with Crippen molar-refractivity contribution in [2.45, 2.75) is 45.6 Å². The molecule has 1 aromatic rings. The SMILES string of the molecule is CCCCCCCOc1c(CNC)cccc1OC. The molecule has 0 radical (unpaired) electrons. The maximum absolute atomic E-state index is 5.93. The molecular weight excluding hydrogens is 238 g/mol. The number of methoxy groups -OCH3 is 1. The van der Waals surface area contributed by atoms with Crippen molar-refractivity contribution < 1.29 is 9.47 Å². The van der Waals surface area contributed by atoms with Gasteiger partial charge in [0.25, 0.3) is 0 Å². The lowest BCUT2D eigenvalue weighted by Gasteiger charge is -2.15. The molecule has 0 saturated heterocycles. The second kappa shape index (κ2) is 9.68. The summed E-state index contributed by atoms with van der Waals surface area (Å²) >= 11 is 0. The van der Waals surface area contributed by atoms with Crippen LogP contribution in [-0.4, -0.2) is 20.8 Å². The van der Waals surface area contributed by atoms with Gasteiger partial charge in [-0.2, -0.15) is 0 Å². The highest BCUT2D eigenvalue weighted by molar-refractivity contribution is 5.46. The second-order valence-electron chi connectivity index (χ2n) is 4.74. The van der Waals surface area contributed by atoms with Gasteiger partial charge in [-0.1, -0.05) is 44.7 Å². The van der Waals surface area contributed by atoms with E-state index in [2.05, 4.69) is 18.3 Å². The Balaban J connectivity index is 2.50. The standard InChI is InChI=1S/C16H27NO2/c1-4-5-6-7-8-12-19-16-14(13-17-2)10-9-11-15(16)18-3/h9-11,17H,4-8,12-13H2,1-3H3. The van der Waals surface area contributed by atoms with Crippen molar-refractivity contribution in [3.05, 3.63) is 23.8 Å². The van der Waals surface area contributed by atoms with Gasteiger partial charge in [-0.25, -0.2) is 0 Å². The second-order valence-corrected chi connectivity index (χ2v) is 4.74. The van der Waals surface area contributed by atoms with Crippen LogP contribution in [0.2, 0.25) is 0 Å². The molecule has 1 aromatic carbocycles. The van der Waals surface area contributed by atoms with Gasteiger partial charge in [-0.3, -0.25) is 0 Å². The summed E-state index contributed by atoms with van der Waals surface area (Å²) in [4.78, 5) is 0. The molecule has 0 aliphatic rings. The number of rotatable bonds is 10. The third kappa shape index (κ3) is 5.52. The summed E-state index contributed by atoms with van der Waals surface area (Å²) in [5, 5.41) is 3.16. The Morgan fingerprint density at radius 1 is 1.11 bits per heavy atom. The lowest BCUT2D eigenvalue weighted by Crippen LogP contribution is -2.09. The smallest absolute Gasteiger partial charge is 0.165 e. The van der Waals surface area contributed by atoms with Crippen LogP contribution in [0.4, 0.5) is 0 Å². The van der Waals surface area contributed by atoms with E-state index in [9.17, 15) is 0 Å². The minimum Gasteiger partial charge on any atom is -0.493 e. The monoisotopic (exact) mass is 265 g/mol. The van der Waals surface area contributed by atoms with Crippen LogP contribution in [0, 0.1) is 0 Å². The molecule has 0 spiro atoms. The predicted octanol–water partition coefficient (Wildman–Crippen LogP) is 3.76. The average Bonchev–Trinajstić information content (AvgIpc) is 2.44. The van der Waals surface area contributed by atoms with Crippen LogP contribution in [0.3, 0.4) is 0 Å². The highest BCUT2D eigenvalue weighted by atomic mass is 16.5. The number of hydrogen-bond donors (Lipinski definition) is 1. The number of hydrogen-bond acceptors (Lipinski definition) is 3. The molecule has 19 heavy (non-hydrogen) atoms. The van der Waals surface area contributed by atoms with Crippen molar-refractivity contribution in [2.24, 2.45) is 0 Å². The molecule has 0 heterocycles. The molecule has 3 nitrogen and oxygen atoms in total. The van der Waals surface area contributed by atoms with Crippen molar-refractivity contribution in [3.63, 3.8) is 0 Å². The Kier molecular flexibility index (Phi) is 8.07. The highest BCUT2D eigenvalue weighted by Crippen LogP contribution is 2.31. The summed E-state index contributed by atoms with van der Waals surface area (Å²) in [6.45, 7) is 3.79. The Hall–Kier alpha value is -1.22. The van der Waals surface area contributed by atoms with Crippen LogP contribution in [0.25, 0.3) is 0 Å². The van der Waals surface area contributed by atoms with Crippen LogP contribution < -0.4 is 14.8 Å². The molecule has 108 valence electrons. The molecular formula is C16H27NO2. The van der Waals surface area contributed by atoms with E-state index in [-0.39, 0.29) is 0 Å². The van der Waals surface area contributed by atoms with E-state index in [1.165, 1.54) is 25.7 Å². The molecule has 0 amide bonds. The first-order chi connectivity index (χ1) is 9.33. The number of para-hydroxylation sites is 1. The fraction of sp³-hybridized carbons (Fsp3) is 0.625. The topological polar surface area (TPSA) is 30.5 Å². The normalized spacial score (nSPS) is 10.5. The fourth-order valence-corrected chi connectivity index (χ4v) is 2.10. The Morgan fingerprint density at radius 3 is 2.58 bits per heavy atom. The molecule has 0 bridgehead atoms. The summed E-state index contributed by atoms with van der Waals surface area (Å²) in [5.74, 6) is 1.70. The summed E-state index contributed by atoms with van der Waals surface area (Å²) in [6, 6.07) is 6.02. The summed E-state index contributed by atoms with van der Waals surface area (Å²) in [6.07, 6.45) is 6.25. The van der Waals surface area contributed by atoms with E-state index < -0.39 is 0 Å². The zero-order valence-electron chi connectivity index (χ0n) is 12.5. The van der Waals surface area contributed by atoms with Crippen LogP contribution in [0.15, 0.2) is 18.2 Å². The largest absolute Gasteiger partial charge is 0.493 e. The zero-order chi connectivity index (χ0) is 13.9. The van der Waals surface area contributed by atoms with Crippen molar-refractivity contribution in [1.29, 1.82) is 0 Å². The van der Waals surface area contributed by atoms with Crippen LogP contribution >= 0.6 is 0 Å². The first kappa shape index (κ1) is 15.8. The van der Waals surface area contributed by atoms with Crippen molar-refractivity contribution >= 4 is 0 Å². The first-order valence-electron chi connectivity index (χ1n) is 7.26. The summed E-state index contributed by atoms with van der Waals surface area (Å²) < 4.78 is 11.3. The van der Waals surface area contributed by atoms with Gasteiger partial charge >= 0.3 is 0 Å². The van der Waals surface area contributed by atoms with Gasteiger partial charge < -0.3 is 14.8 Å². The lowest BCUT2D eigenvalue weighted by atomic mass is 10.1. The number of nitrogens with one attached hydrogen (secondary N) is 1. The molecule has 0 fully saturated rings. The van der Waals surface area contributed by atoms with E-state index in [4.69, 9.17) is 9.47 Å². The third-order valence-electron chi connectivity index (χ3n) is 3.14. The lowest BCUT2D eigenvalue weighted by molar-refractivity contribution is 0.281. The number of unbranched alkanes of at least 4 members (excludes halogenated alkanes) is 4.